The van der Waals surface area contributed by atoms with Gasteiger partial charge in [0.2, 0.25) is 0 Å². The van der Waals surface area contributed by atoms with Crippen molar-refractivity contribution < 1.29 is 19.7 Å². The number of rotatable bonds is 3. The van der Waals surface area contributed by atoms with Crippen LogP contribution in [0.3, 0.4) is 0 Å². The van der Waals surface area contributed by atoms with Crippen LogP contribution in [0.5, 0.6) is 5.75 Å². The van der Waals surface area contributed by atoms with E-state index in [9.17, 15) is 5.11 Å². The van der Waals surface area contributed by atoms with E-state index in [4.69, 9.17) is 20.3 Å². The van der Waals surface area contributed by atoms with Crippen LogP contribution in [0.15, 0.2) is 24.3 Å². The monoisotopic (exact) mass is 239 g/mol. The Labute approximate surface area is 99.8 Å². The number of anilines is 1. The molecule has 2 rings (SSSR count). The van der Waals surface area contributed by atoms with E-state index in [1.807, 2.05) is 0 Å². The number of ether oxygens (including phenoxy) is 2. The lowest BCUT2D eigenvalue weighted by atomic mass is 10.1. The Bertz CT molecular complexity index is 354. The summed E-state index contributed by atoms with van der Waals surface area (Å²) in [4.78, 5) is 0. The molecule has 1 fully saturated rings. The zero-order chi connectivity index (χ0) is 12.3. The quantitative estimate of drug-likeness (QED) is 0.669. The Kier molecular flexibility index (Phi) is 3.83. The third-order valence-corrected chi connectivity index (χ3v) is 2.78. The second-order valence-corrected chi connectivity index (χ2v) is 4.12. The molecule has 17 heavy (non-hydrogen) atoms. The maximum absolute atomic E-state index is 9.53. The Morgan fingerprint density at radius 2 is 2.00 bits per heavy atom. The summed E-state index contributed by atoms with van der Waals surface area (Å²) in [7, 11) is 0. The van der Waals surface area contributed by atoms with Crippen molar-refractivity contribution in [3.05, 3.63) is 24.3 Å². The minimum atomic E-state index is -0.619. The van der Waals surface area contributed by atoms with Gasteiger partial charge in [-0.1, -0.05) is 0 Å². The van der Waals surface area contributed by atoms with E-state index in [2.05, 4.69) is 0 Å². The molecule has 4 N–H and O–H groups in total. The topological polar surface area (TPSA) is 84.9 Å². The highest BCUT2D eigenvalue weighted by atomic mass is 16.7. The Balaban J connectivity index is 1.93. The van der Waals surface area contributed by atoms with Crippen LogP contribution in [0, 0.1) is 0 Å². The summed E-state index contributed by atoms with van der Waals surface area (Å²) >= 11 is 0. The van der Waals surface area contributed by atoms with Gasteiger partial charge in [0.25, 0.3) is 0 Å². The summed E-state index contributed by atoms with van der Waals surface area (Å²) in [6, 6.07) is 7.02. The molecule has 0 saturated carbocycles. The largest absolute Gasteiger partial charge is 0.465 e. The van der Waals surface area contributed by atoms with Gasteiger partial charge in [0.05, 0.1) is 12.7 Å². The van der Waals surface area contributed by atoms with Gasteiger partial charge in [0.15, 0.2) is 6.29 Å². The first-order valence-corrected chi connectivity index (χ1v) is 5.65. The van der Waals surface area contributed by atoms with Crippen LogP contribution in [0.25, 0.3) is 0 Å². The van der Waals surface area contributed by atoms with Gasteiger partial charge in [-0.3, -0.25) is 0 Å². The van der Waals surface area contributed by atoms with Crippen molar-refractivity contribution in [1.29, 1.82) is 0 Å². The second-order valence-electron chi connectivity index (χ2n) is 4.12. The maximum atomic E-state index is 9.53. The van der Waals surface area contributed by atoms with Crippen LogP contribution in [-0.2, 0) is 4.74 Å². The molecule has 3 atom stereocenters. The number of benzene rings is 1. The van der Waals surface area contributed by atoms with Crippen molar-refractivity contribution in [3.8, 4) is 5.75 Å². The van der Waals surface area contributed by atoms with Gasteiger partial charge in [-0.05, 0) is 30.7 Å². The van der Waals surface area contributed by atoms with Gasteiger partial charge in [-0.2, -0.15) is 0 Å². The molecule has 0 bridgehead atoms. The Morgan fingerprint density at radius 1 is 1.29 bits per heavy atom. The molecule has 0 unspecified atom stereocenters. The number of hydrogen-bond acceptors (Lipinski definition) is 5. The summed E-state index contributed by atoms with van der Waals surface area (Å²) in [6.07, 6.45) is -0.458. The lowest BCUT2D eigenvalue weighted by molar-refractivity contribution is -0.196. The zero-order valence-electron chi connectivity index (χ0n) is 9.45. The molecular formula is C12H17NO4. The van der Waals surface area contributed by atoms with Crippen molar-refractivity contribution in [3.63, 3.8) is 0 Å². The van der Waals surface area contributed by atoms with E-state index in [1.165, 1.54) is 0 Å². The van der Waals surface area contributed by atoms with Crippen LogP contribution in [-0.4, -0.2) is 35.3 Å². The minimum Gasteiger partial charge on any atom is -0.465 e. The summed E-state index contributed by atoms with van der Waals surface area (Å²) in [6.45, 7) is -0.206. The highest BCUT2D eigenvalue weighted by Crippen LogP contribution is 2.23. The lowest BCUT2D eigenvalue weighted by Gasteiger charge is -2.32. The summed E-state index contributed by atoms with van der Waals surface area (Å²) < 4.78 is 11.0. The maximum Gasteiger partial charge on any atom is 0.200 e. The molecule has 1 aliphatic heterocycles. The molecule has 0 aliphatic carbocycles. The predicted molar refractivity (Wildman–Crippen MR) is 62.5 cm³/mol. The normalized spacial score (nSPS) is 28.9. The molecule has 1 aliphatic rings. The van der Waals surface area contributed by atoms with Crippen molar-refractivity contribution in [2.45, 2.75) is 31.3 Å². The third-order valence-electron chi connectivity index (χ3n) is 2.78. The molecule has 1 saturated heterocycles. The summed E-state index contributed by atoms with van der Waals surface area (Å²) in [5.41, 5.74) is 6.24. The minimum absolute atomic E-state index is 0.206. The van der Waals surface area contributed by atoms with Crippen LogP contribution in [0.2, 0.25) is 0 Å². The average Bonchev–Trinajstić information content (AvgIpc) is 2.34. The SMILES string of the molecule is Nc1ccc(O[C@H]2CC[C@@H](O)[C@@H](CO)O2)cc1. The van der Waals surface area contributed by atoms with E-state index >= 15 is 0 Å². The second kappa shape index (κ2) is 5.35. The summed E-state index contributed by atoms with van der Waals surface area (Å²) in [5.74, 6) is 0.664. The average molecular weight is 239 g/mol. The molecule has 0 amide bonds. The molecule has 94 valence electrons. The molecule has 0 spiro atoms. The van der Waals surface area contributed by atoms with Gasteiger partial charge in [-0.15, -0.1) is 0 Å². The van der Waals surface area contributed by atoms with E-state index < -0.39 is 18.5 Å². The first kappa shape index (κ1) is 12.2. The molecule has 1 aromatic carbocycles. The highest BCUT2D eigenvalue weighted by Gasteiger charge is 2.30. The van der Waals surface area contributed by atoms with Crippen molar-refractivity contribution in [2.24, 2.45) is 0 Å². The van der Waals surface area contributed by atoms with Gasteiger partial charge < -0.3 is 25.4 Å². The third kappa shape index (κ3) is 3.09. The van der Waals surface area contributed by atoms with E-state index in [0.717, 1.165) is 0 Å². The van der Waals surface area contributed by atoms with E-state index in [1.54, 1.807) is 24.3 Å². The van der Waals surface area contributed by atoms with Gasteiger partial charge in [0, 0.05) is 12.1 Å². The molecular weight excluding hydrogens is 222 g/mol. The van der Waals surface area contributed by atoms with Crippen molar-refractivity contribution in [2.75, 3.05) is 12.3 Å². The fourth-order valence-corrected chi connectivity index (χ4v) is 1.80. The van der Waals surface area contributed by atoms with Crippen LogP contribution < -0.4 is 10.5 Å². The van der Waals surface area contributed by atoms with E-state index in [0.29, 0.717) is 24.3 Å². The number of nitrogens with two attached hydrogens (primary N) is 1. The van der Waals surface area contributed by atoms with Crippen LogP contribution in [0.4, 0.5) is 5.69 Å². The molecule has 5 heteroatoms. The van der Waals surface area contributed by atoms with Gasteiger partial charge in [0.1, 0.15) is 11.9 Å². The van der Waals surface area contributed by atoms with Crippen molar-refractivity contribution in [1.82, 2.24) is 0 Å². The first-order chi connectivity index (χ1) is 8.19. The Morgan fingerprint density at radius 3 is 2.65 bits per heavy atom. The molecule has 1 aromatic rings. The highest BCUT2D eigenvalue weighted by molar-refractivity contribution is 5.41. The predicted octanol–water partition coefficient (Wildman–Crippen LogP) is 0.506. The number of aliphatic hydroxyl groups excluding tert-OH is 2. The molecule has 5 nitrogen and oxygen atoms in total. The molecule has 1 heterocycles. The first-order valence-electron chi connectivity index (χ1n) is 5.65. The smallest absolute Gasteiger partial charge is 0.200 e. The van der Waals surface area contributed by atoms with Crippen molar-refractivity contribution >= 4 is 5.69 Å². The number of nitrogen functional groups attached to an aromatic ring is 1. The summed E-state index contributed by atoms with van der Waals surface area (Å²) in [5, 5.41) is 18.6. The van der Waals surface area contributed by atoms with Gasteiger partial charge >= 0.3 is 0 Å². The van der Waals surface area contributed by atoms with Crippen LogP contribution >= 0.6 is 0 Å². The fourth-order valence-electron chi connectivity index (χ4n) is 1.80. The van der Waals surface area contributed by atoms with E-state index in [-0.39, 0.29) is 6.61 Å². The van der Waals surface area contributed by atoms with Gasteiger partial charge in [-0.25, -0.2) is 0 Å². The standard InChI is InChI=1S/C12H17NO4/c13-8-1-3-9(4-2-8)16-12-6-5-10(15)11(7-14)17-12/h1-4,10-12,14-15H,5-7,13H2/t10-,11-,12-/m1/s1. The fraction of sp³-hybridized carbons (Fsp3) is 0.500. The molecule has 0 radical (unpaired) electrons. The number of hydrogen-bond donors (Lipinski definition) is 3. The zero-order valence-corrected chi connectivity index (χ0v) is 9.45. The number of aliphatic hydroxyl groups is 2. The lowest BCUT2D eigenvalue weighted by Crippen LogP contribution is -2.43. The Hall–Kier alpha value is -1.30. The molecule has 0 aromatic heterocycles. The van der Waals surface area contributed by atoms with Crippen LogP contribution in [0.1, 0.15) is 12.8 Å².